The number of sulfone groups is 1. The third-order valence-electron chi connectivity index (χ3n) is 5.51. The monoisotopic (exact) mass is 532 g/mol. The van der Waals surface area contributed by atoms with Crippen molar-refractivity contribution in [2.75, 3.05) is 18.1 Å². The molecule has 3 amide bonds. The number of urea groups is 1. The summed E-state index contributed by atoms with van der Waals surface area (Å²) in [5.74, 6) is -1.26. The summed E-state index contributed by atoms with van der Waals surface area (Å²) < 4.78 is 39.1. The zero-order valence-corrected chi connectivity index (χ0v) is 21.1. The predicted octanol–water partition coefficient (Wildman–Crippen LogP) is 4.12. The third-order valence-corrected chi connectivity index (χ3v) is 6.94. The van der Waals surface area contributed by atoms with Crippen molar-refractivity contribution < 1.29 is 22.4 Å². The summed E-state index contributed by atoms with van der Waals surface area (Å²) in [6, 6.07) is 8.92. The average Bonchev–Trinajstić information content (AvgIpc) is 3.33. The van der Waals surface area contributed by atoms with E-state index in [4.69, 9.17) is 17.3 Å². The standard InChI is InChI=1S/C25H26ClFN4O4S/c1-3-17(26)11-13-23(28)30-25(33)31-14-6-8-21(31)24(32)29-20-12-10-16(15-19(20)27)18-7-4-5-9-22(18)36(2,34)35/h3-5,7,9-13,15,21H,1,6,8,14,28H2,2H3,(H,29,32)(H,30,33)/b17-11+,23-13+. The molecule has 1 fully saturated rings. The normalized spacial score (nSPS) is 16.5. The minimum Gasteiger partial charge on any atom is -0.385 e. The van der Waals surface area contributed by atoms with E-state index in [9.17, 15) is 22.4 Å². The summed E-state index contributed by atoms with van der Waals surface area (Å²) in [4.78, 5) is 26.9. The second kappa shape index (κ2) is 11.4. The van der Waals surface area contributed by atoms with Gasteiger partial charge in [-0.3, -0.25) is 10.1 Å². The Balaban J connectivity index is 1.74. The van der Waals surface area contributed by atoms with E-state index in [-0.39, 0.29) is 16.4 Å². The smallest absolute Gasteiger partial charge is 0.323 e. The molecule has 1 unspecified atom stereocenters. The molecular formula is C25H26ClFN4O4S. The average molecular weight is 533 g/mol. The Morgan fingerprint density at radius 3 is 2.61 bits per heavy atom. The molecule has 0 saturated carbocycles. The second-order valence-electron chi connectivity index (χ2n) is 8.11. The Morgan fingerprint density at radius 1 is 1.22 bits per heavy atom. The number of likely N-dealkylation sites (tertiary alicyclic amines) is 1. The first-order valence-electron chi connectivity index (χ1n) is 10.9. The van der Waals surface area contributed by atoms with Gasteiger partial charge in [0.15, 0.2) is 9.84 Å². The molecule has 0 radical (unpaired) electrons. The Kier molecular flexibility index (Phi) is 8.54. The van der Waals surface area contributed by atoms with Crippen LogP contribution in [0.2, 0.25) is 0 Å². The van der Waals surface area contributed by atoms with Crippen LogP contribution in [0, 0.1) is 5.82 Å². The van der Waals surface area contributed by atoms with E-state index in [1.165, 1.54) is 41.3 Å². The van der Waals surface area contributed by atoms with E-state index in [2.05, 4.69) is 17.2 Å². The van der Waals surface area contributed by atoms with Gasteiger partial charge >= 0.3 is 6.03 Å². The lowest BCUT2D eigenvalue weighted by Crippen LogP contribution is -2.48. The maximum absolute atomic E-state index is 14.9. The van der Waals surface area contributed by atoms with Gasteiger partial charge in [0.2, 0.25) is 5.91 Å². The molecule has 0 aliphatic carbocycles. The van der Waals surface area contributed by atoms with Gasteiger partial charge in [-0.2, -0.15) is 0 Å². The molecule has 4 N–H and O–H groups in total. The molecule has 190 valence electrons. The number of nitrogens with two attached hydrogens (primary N) is 1. The summed E-state index contributed by atoms with van der Waals surface area (Å²) >= 11 is 5.81. The second-order valence-corrected chi connectivity index (χ2v) is 10.5. The molecule has 0 bridgehead atoms. The molecule has 1 aliphatic rings. The highest BCUT2D eigenvalue weighted by molar-refractivity contribution is 7.90. The van der Waals surface area contributed by atoms with Crippen LogP contribution in [0.5, 0.6) is 0 Å². The van der Waals surface area contributed by atoms with E-state index >= 15 is 0 Å². The number of carbonyl (C=O) groups excluding carboxylic acids is 2. The highest BCUT2D eigenvalue weighted by Gasteiger charge is 2.34. The van der Waals surface area contributed by atoms with E-state index < -0.39 is 33.6 Å². The fraction of sp³-hybridized carbons (Fsp3) is 0.200. The molecular weight excluding hydrogens is 507 g/mol. The van der Waals surface area contributed by atoms with Gasteiger partial charge in [-0.15, -0.1) is 0 Å². The maximum Gasteiger partial charge on any atom is 0.323 e. The van der Waals surface area contributed by atoms with E-state index in [0.717, 1.165) is 12.3 Å². The van der Waals surface area contributed by atoms with Gasteiger partial charge in [0.05, 0.1) is 10.6 Å². The number of nitrogens with zero attached hydrogens (tertiary/aromatic N) is 1. The van der Waals surface area contributed by atoms with Gasteiger partial charge in [0.25, 0.3) is 0 Å². The first-order valence-corrected chi connectivity index (χ1v) is 13.2. The van der Waals surface area contributed by atoms with Crippen LogP contribution in [0.4, 0.5) is 14.9 Å². The van der Waals surface area contributed by atoms with Crippen LogP contribution >= 0.6 is 11.6 Å². The first kappa shape index (κ1) is 27.0. The number of amides is 3. The maximum atomic E-state index is 14.9. The van der Waals surface area contributed by atoms with Crippen molar-refractivity contribution in [2.24, 2.45) is 5.73 Å². The highest BCUT2D eigenvalue weighted by atomic mass is 35.5. The molecule has 36 heavy (non-hydrogen) atoms. The number of hydrogen-bond donors (Lipinski definition) is 3. The summed E-state index contributed by atoms with van der Waals surface area (Å²) in [7, 11) is -3.53. The zero-order chi connectivity index (χ0) is 26.5. The highest BCUT2D eigenvalue weighted by Crippen LogP contribution is 2.30. The van der Waals surface area contributed by atoms with E-state index in [0.29, 0.717) is 35.5 Å². The Bertz CT molecular complexity index is 1360. The van der Waals surface area contributed by atoms with Crippen LogP contribution in [0.25, 0.3) is 11.1 Å². The molecule has 11 heteroatoms. The van der Waals surface area contributed by atoms with Crippen molar-refractivity contribution in [3.05, 3.63) is 83.9 Å². The number of nitrogens with one attached hydrogen (secondary N) is 2. The molecule has 3 rings (SSSR count). The fourth-order valence-corrected chi connectivity index (χ4v) is 4.76. The van der Waals surface area contributed by atoms with Gasteiger partial charge in [-0.25, -0.2) is 17.6 Å². The van der Waals surface area contributed by atoms with Crippen LogP contribution in [-0.4, -0.2) is 44.1 Å². The molecule has 1 atom stereocenters. The summed E-state index contributed by atoms with van der Waals surface area (Å²) in [5, 5.41) is 5.35. The summed E-state index contributed by atoms with van der Waals surface area (Å²) in [6.07, 6.45) is 6.32. The van der Waals surface area contributed by atoms with Crippen molar-refractivity contribution in [2.45, 2.75) is 23.8 Å². The van der Waals surface area contributed by atoms with Gasteiger partial charge in [0, 0.05) is 23.4 Å². The number of benzene rings is 2. The first-order chi connectivity index (χ1) is 17.0. The fourth-order valence-electron chi connectivity index (χ4n) is 3.79. The van der Waals surface area contributed by atoms with Crippen LogP contribution in [-0.2, 0) is 14.6 Å². The third kappa shape index (κ3) is 6.52. The van der Waals surface area contributed by atoms with Gasteiger partial charge in [-0.1, -0.05) is 48.5 Å². The molecule has 1 saturated heterocycles. The lowest BCUT2D eigenvalue weighted by Gasteiger charge is -2.24. The topological polar surface area (TPSA) is 122 Å². The van der Waals surface area contributed by atoms with Gasteiger partial charge in [-0.05, 0) is 48.8 Å². The largest absolute Gasteiger partial charge is 0.385 e. The summed E-state index contributed by atoms with van der Waals surface area (Å²) in [5.41, 5.74) is 6.40. The lowest BCUT2D eigenvalue weighted by molar-refractivity contribution is -0.119. The van der Waals surface area contributed by atoms with Crippen LogP contribution < -0.4 is 16.4 Å². The molecule has 1 heterocycles. The number of rotatable bonds is 7. The number of hydrogen-bond acceptors (Lipinski definition) is 5. The quantitative estimate of drug-likeness (QED) is 0.463. The van der Waals surface area contributed by atoms with Gasteiger partial charge in [0.1, 0.15) is 17.7 Å². The van der Waals surface area contributed by atoms with Crippen LogP contribution in [0.15, 0.2) is 83.0 Å². The van der Waals surface area contributed by atoms with Crippen molar-refractivity contribution in [1.29, 1.82) is 0 Å². The molecule has 2 aromatic rings. The SMILES string of the molecule is C=C/C(Cl)=C\C=C(/N)NC(=O)N1CCCC1C(=O)Nc1ccc(-c2ccccc2S(C)(=O)=O)cc1F. The van der Waals surface area contributed by atoms with Crippen molar-refractivity contribution in [3.63, 3.8) is 0 Å². The number of carbonyl (C=O) groups is 2. The molecule has 0 spiro atoms. The van der Waals surface area contributed by atoms with Gasteiger partial charge < -0.3 is 16.0 Å². The Morgan fingerprint density at radius 2 is 1.94 bits per heavy atom. The predicted molar refractivity (Wildman–Crippen MR) is 138 cm³/mol. The molecule has 8 nitrogen and oxygen atoms in total. The van der Waals surface area contributed by atoms with Crippen molar-refractivity contribution in [3.8, 4) is 11.1 Å². The Hall–Kier alpha value is -3.63. The minimum absolute atomic E-state index is 0.0297. The van der Waals surface area contributed by atoms with Crippen molar-refractivity contribution in [1.82, 2.24) is 10.2 Å². The molecule has 0 aromatic heterocycles. The molecule has 2 aromatic carbocycles. The zero-order valence-electron chi connectivity index (χ0n) is 19.5. The Labute approximate surface area is 214 Å². The van der Waals surface area contributed by atoms with Crippen LogP contribution in [0.1, 0.15) is 12.8 Å². The summed E-state index contributed by atoms with van der Waals surface area (Å²) in [6.45, 7) is 3.83. The number of anilines is 1. The minimum atomic E-state index is -3.53. The number of halogens is 2. The van der Waals surface area contributed by atoms with E-state index in [1.54, 1.807) is 18.2 Å². The van der Waals surface area contributed by atoms with Crippen LogP contribution in [0.3, 0.4) is 0 Å². The van der Waals surface area contributed by atoms with Crippen molar-refractivity contribution >= 4 is 39.1 Å². The number of allylic oxidation sites excluding steroid dienone is 4. The van der Waals surface area contributed by atoms with E-state index in [1.807, 2.05) is 0 Å². The molecule has 1 aliphatic heterocycles. The lowest BCUT2D eigenvalue weighted by atomic mass is 10.0.